The smallest absolute Gasteiger partial charge is 0.255 e. The van der Waals surface area contributed by atoms with Crippen molar-refractivity contribution in [2.24, 2.45) is 5.92 Å². The first-order valence-electron chi connectivity index (χ1n) is 11.4. The highest BCUT2D eigenvalue weighted by molar-refractivity contribution is 6.05. The van der Waals surface area contributed by atoms with Crippen molar-refractivity contribution in [3.8, 4) is 11.3 Å². The molecule has 1 aliphatic carbocycles. The zero-order chi connectivity index (χ0) is 22.6. The number of anilines is 2. The van der Waals surface area contributed by atoms with E-state index in [-0.39, 0.29) is 17.7 Å². The standard InChI is InChI=1S/C27H26N4O2/c32-26(19-4-2-1-3-5-19)29-22-8-6-18(7-9-22)25-17-21-16-23(10-11-24(21)31-25)30-27(33)20-12-14-28-15-13-20/h6-17,19,31H,1-5H2,(H,29,32)(H,30,33). The number of benzene rings is 2. The maximum atomic E-state index is 12.5. The Hall–Kier alpha value is -3.93. The fraction of sp³-hybridized carbons (Fsp3) is 0.222. The molecule has 2 aromatic carbocycles. The predicted octanol–water partition coefficient (Wildman–Crippen LogP) is 6.00. The maximum Gasteiger partial charge on any atom is 0.255 e. The van der Waals surface area contributed by atoms with E-state index < -0.39 is 0 Å². The minimum atomic E-state index is -0.168. The first kappa shape index (κ1) is 20.9. The number of amides is 2. The average Bonchev–Trinajstić information content (AvgIpc) is 3.29. The Morgan fingerprint density at radius 2 is 1.55 bits per heavy atom. The number of nitrogens with zero attached hydrogens (tertiary/aromatic N) is 1. The van der Waals surface area contributed by atoms with E-state index in [0.717, 1.165) is 59.2 Å². The summed E-state index contributed by atoms with van der Waals surface area (Å²) in [5.74, 6) is 0.105. The van der Waals surface area contributed by atoms with Crippen LogP contribution in [0.3, 0.4) is 0 Å². The highest BCUT2D eigenvalue weighted by Gasteiger charge is 2.21. The number of nitrogens with one attached hydrogen (secondary N) is 3. The number of hydrogen-bond donors (Lipinski definition) is 3. The summed E-state index contributed by atoms with van der Waals surface area (Å²) in [6.45, 7) is 0. The van der Waals surface area contributed by atoms with Gasteiger partial charge in [-0.05, 0) is 66.9 Å². The van der Waals surface area contributed by atoms with Crippen LogP contribution in [0.15, 0.2) is 73.1 Å². The molecule has 0 bridgehead atoms. The molecule has 0 aliphatic heterocycles. The monoisotopic (exact) mass is 438 g/mol. The van der Waals surface area contributed by atoms with E-state index in [4.69, 9.17) is 0 Å². The number of H-pyrrole nitrogens is 1. The lowest BCUT2D eigenvalue weighted by molar-refractivity contribution is -0.120. The van der Waals surface area contributed by atoms with Crippen LogP contribution in [0.25, 0.3) is 22.2 Å². The molecule has 0 radical (unpaired) electrons. The third kappa shape index (κ3) is 4.80. The Balaban J connectivity index is 1.28. The van der Waals surface area contributed by atoms with E-state index in [1.165, 1.54) is 6.42 Å². The molecule has 4 aromatic rings. The van der Waals surface area contributed by atoms with Crippen molar-refractivity contribution in [3.63, 3.8) is 0 Å². The van der Waals surface area contributed by atoms with Gasteiger partial charge in [0.2, 0.25) is 5.91 Å². The van der Waals surface area contributed by atoms with E-state index >= 15 is 0 Å². The number of pyridine rings is 1. The fourth-order valence-corrected chi connectivity index (χ4v) is 4.41. The summed E-state index contributed by atoms with van der Waals surface area (Å²) >= 11 is 0. The Labute approximate surface area is 192 Å². The zero-order valence-electron chi connectivity index (χ0n) is 18.3. The molecule has 2 amide bonds. The first-order chi connectivity index (χ1) is 16.2. The van der Waals surface area contributed by atoms with Crippen molar-refractivity contribution in [2.75, 3.05) is 10.6 Å². The minimum absolute atomic E-state index is 0.134. The lowest BCUT2D eigenvalue weighted by atomic mass is 9.88. The number of aromatic amines is 1. The van der Waals surface area contributed by atoms with E-state index in [9.17, 15) is 9.59 Å². The van der Waals surface area contributed by atoms with E-state index in [1.54, 1.807) is 24.5 Å². The second kappa shape index (κ2) is 9.28. The van der Waals surface area contributed by atoms with Gasteiger partial charge in [-0.15, -0.1) is 0 Å². The van der Waals surface area contributed by atoms with Crippen molar-refractivity contribution in [1.29, 1.82) is 0 Å². The van der Waals surface area contributed by atoms with Crippen LogP contribution < -0.4 is 10.6 Å². The van der Waals surface area contributed by atoms with Gasteiger partial charge in [-0.3, -0.25) is 14.6 Å². The molecule has 1 aliphatic rings. The van der Waals surface area contributed by atoms with Crippen molar-refractivity contribution in [2.45, 2.75) is 32.1 Å². The third-order valence-electron chi connectivity index (χ3n) is 6.26. The van der Waals surface area contributed by atoms with Gasteiger partial charge in [0, 0.05) is 51.8 Å². The fourth-order valence-electron chi connectivity index (χ4n) is 4.41. The van der Waals surface area contributed by atoms with E-state index in [1.807, 2.05) is 42.5 Å². The molecule has 0 spiro atoms. The van der Waals surface area contributed by atoms with E-state index in [2.05, 4.69) is 26.7 Å². The van der Waals surface area contributed by atoms with Gasteiger partial charge in [-0.2, -0.15) is 0 Å². The highest BCUT2D eigenvalue weighted by Crippen LogP contribution is 2.28. The Morgan fingerprint density at radius 3 is 2.30 bits per heavy atom. The number of carbonyl (C=O) groups is 2. The Morgan fingerprint density at radius 1 is 0.818 bits per heavy atom. The Kier molecular flexibility index (Phi) is 5.89. The zero-order valence-corrected chi connectivity index (χ0v) is 18.3. The summed E-state index contributed by atoms with van der Waals surface area (Å²) in [5, 5.41) is 7.00. The van der Waals surface area contributed by atoms with Crippen LogP contribution in [0.4, 0.5) is 11.4 Å². The second-order valence-corrected chi connectivity index (χ2v) is 8.58. The lowest BCUT2D eigenvalue weighted by Crippen LogP contribution is -2.24. The van der Waals surface area contributed by atoms with Crippen LogP contribution in [0.5, 0.6) is 0 Å². The molecule has 2 aromatic heterocycles. The summed E-state index contributed by atoms with van der Waals surface area (Å²) < 4.78 is 0. The normalized spacial score (nSPS) is 14.2. The molecule has 2 heterocycles. The number of aromatic nitrogens is 2. The second-order valence-electron chi connectivity index (χ2n) is 8.58. The highest BCUT2D eigenvalue weighted by atomic mass is 16.2. The number of rotatable bonds is 5. The molecule has 3 N–H and O–H groups in total. The number of fused-ring (bicyclic) bond motifs is 1. The van der Waals surface area contributed by atoms with Crippen molar-refractivity contribution >= 4 is 34.1 Å². The van der Waals surface area contributed by atoms with Gasteiger partial charge in [0.15, 0.2) is 0 Å². The topological polar surface area (TPSA) is 86.9 Å². The molecular formula is C27H26N4O2. The Bertz CT molecular complexity index is 1270. The first-order valence-corrected chi connectivity index (χ1v) is 11.4. The van der Waals surface area contributed by atoms with E-state index in [0.29, 0.717) is 5.56 Å². The van der Waals surface area contributed by atoms with Crippen LogP contribution in [-0.4, -0.2) is 21.8 Å². The van der Waals surface area contributed by atoms with Gasteiger partial charge in [0.1, 0.15) is 0 Å². The number of hydrogen-bond acceptors (Lipinski definition) is 3. The number of carbonyl (C=O) groups excluding carboxylic acids is 2. The maximum absolute atomic E-state index is 12.5. The average molecular weight is 439 g/mol. The summed E-state index contributed by atoms with van der Waals surface area (Å²) in [7, 11) is 0. The van der Waals surface area contributed by atoms with Crippen LogP contribution >= 0.6 is 0 Å². The molecule has 6 heteroatoms. The molecule has 5 rings (SSSR count). The van der Waals surface area contributed by atoms with Gasteiger partial charge in [-0.1, -0.05) is 31.4 Å². The van der Waals surface area contributed by atoms with Gasteiger partial charge in [0.05, 0.1) is 0 Å². The molecule has 0 unspecified atom stereocenters. The summed E-state index contributed by atoms with van der Waals surface area (Å²) in [4.78, 5) is 32.3. The molecule has 1 saturated carbocycles. The summed E-state index contributed by atoms with van der Waals surface area (Å²) in [6, 6.07) is 19.1. The predicted molar refractivity (Wildman–Crippen MR) is 131 cm³/mol. The van der Waals surface area contributed by atoms with Crippen LogP contribution in [0, 0.1) is 5.92 Å². The van der Waals surface area contributed by atoms with Crippen LogP contribution in [-0.2, 0) is 4.79 Å². The van der Waals surface area contributed by atoms with Crippen LogP contribution in [0.1, 0.15) is 42.5 Å². The van der Waals surface area contributed by atoms with Gasteiger partial charge in [0.25, 0.3) is 5.91 Å². The van der Waals surface area contributed by atoms with Crippen LogP contribution in [0.2, 0.25) is 0 Å². The quantitative estimate of drug-likeness (QED) is 0.357. The summed E-state index contributed by atoms with van der Waals surface area (Å²) in [6.07, 6.45) is 8.71. The SMILES string of the molecule is O=C(Nc1ccc2[nH]c(-c3ccc(NC(=O)C4CCCCC4)cc3)cc2c1)c1ccncc1. The molecule has 1 fully saturated rings. The van der Waals surface area contributed by atoms with Gasteiger partial charge < -0.3 is 15.6 Å². The lowest BCUT2D eigenvalue weighted by Gasteiger charge is -2.20. The van der Waals surface area contributed by atoms with Crippen molar-refractivity contribution in [1.82, 2.24) is 9.97 Å². The molecule has 0 saturated heterocycles. The van der Waals surface area contributed by atoms with Crippen molar-refractivity contribution < 1.29 is 9.59 Å². The molecule has 33 heavy (non-hydrogen) atoms. The molecule has 0 atom stereocenters. The van der Waals surface area contributed by atoms with Gasteiger partial charge >= 0.3 is 0 Å². The molecule has 166 valence electrons. The molecular weight excluding hydrogens is 412 g/mol. The molecule has 6 nitrogen and oxygen atoms in total. The third-order valence-corrected chi connectivity index (χ3v) is 6.26. The van der Waals surface area contributed by atoms with Gasteiger partial charge in [-0.25, -0.2) is 0 Å². The largest absolute Gasteiger partial charge is 0.355 e. The summed E-state index contributed by atoms with van der Waals surface area (Å²) in [5.41, 5.74) is 5.12. The minimum Gasteiger partial charge on any atom is -0.355 e. The van der Waals surface area contributed by atoms with Crippen molar-refractivity contribution in [3.05, 3.63) is 78.6 Å².